The Bertz CT molecular complexity index is 3950. The molecule has 0 fully saturated rings. The molecule has 0 radical (unpaired) electrons. The van der Waals surface area contributed by atoms with Crippen molar-refractivity contribution < 1.29 is 62.0 Å². The summed E-state index contributed by atoms with van der Waals surface area (Å²) in [4.78, 5) is 107. The van der Waals surface area contributed by atoms with E-state index >= 15 is 0 Å². The minimum Gasteiger partial charge on any atom is -0.490 e. The van der Waals surface area contributed by atoms with Crippen LogP contribution in [0.15, 0.2) is 269 Å². The van der Waals surface area contributed by atoms with Crippen LogP contribution in [0.5, 0.6) is 34.5 Å². The molecule has 8 aromatic rings. The summed E-state index contributed by atoms with van der Waals surface area (Å²) in [5.41, 5.74) is 10.4. The van der Waals surface area contributed by atoms with Crippen LogP contribution in [-0.4, -0.2) is 73.7 Å². The van der Waals surface area contributed by atoms with Crippen LogP contribution < -0.4 is 43.3 Å². The largest absolute Gasteiger partial charge is 0.490 e. The third kappa shape index (κ3) is 16.1. The number of anilines is 4. The second-order valence-electron chi connectivity index (χ2n) is 22.8. The molecule has 0 aliphatic carbocycles. The summed E-state index contributed by atoms with van der Waals surface area (Å²) in [6.45, 7) is 16.3. The fraction of sp³-hybridized carbons (Fsp3) is 0.111. The summed E-state index contributed by atoms with van der Waals surface area (Å²) < 4.78 is 28.6. The molecule has 4 aliphatic rings. The zero-order valence-electron chi connectivity index (χ0n) is 53.4. The Balaban J connectivity index is 0.000000198. The van der Waals surface area contributed by atoms with Gasteiger partial charge in [-0.1, -0.05) is 136 Å². The maximum Gasteiger partial charge on any atom is 0.258 e. The number of hydrogen-bond donors (Lipinski definition) is 0. The van der Waals surface area contributed by atoms with Gasteiger partial charge in [0.1, 0.15) is 60.9 Å². The average Bonchev–Trinajstić information content (AvgIpc) is 1.45. The van der Waals surface area contributed by atoms with Crippen molar-refractivity contribution >= 4 is 70.0 Å². The van der Waals surface area contributed by atoms with Gasteiger partial charge in [-0.2, -0.15) is 0 Å². The molecule has 0 saturated heterocycles. The number of rotatable bonds is 28. The maximum absolute atomic E-state index is 12.8. The fourth-order valence-corrected chi connectivity index (χ4v) is 11.3. The summed E-state index contributed by atoms with van der Waals surface area (Å²) in [5, 5.41) is 0. The Hall–Kier alpha value is -12.8. The minimum absolute atomic E-state index is 0.352. The average molecular weight is 1300 g/mol. The first-order valence-corrected chi connectivity index (χ1v) is 31.4. The number of hydrogen-bond acceptors (Lipinski definition) is 13. The van der Waals surface area contributed by atoms with E-state index in [0.29, 0.717) is 104 Å². The van der Waals surface area contributed by atoms with Gasteiger partial charge in [0.05, 0.1) is 22.7 Å². The molecule has 0 N–H and O–H groups in total. The summed E-state index contributed by atoms with van der Waals surface area (Å²) in [7, 11) is 0. The van der Waals surface area contributed by atoms with E-state index in [4.69, 9.17) is 23.7 Å². The second-order valence-corrected chi connectivity index (χ2v) is 22.8. The Morgan fingerprint density at radius 3 is 0.684 bits per heavy atom. The molecule has 0 unspecified atom stereocenters. The van der Waals surface area contributed by atoms with Gasteiger partial charge in [0.2, 0.25) is 0 Å². The quantitative estimate of drug-likeness (QED) is 0.0332. The molecule has 0 atom stereocenters. The topological polar surface area (TPSA) is 196 Å². The minimum atomic E-state index is -0.456. The van der Waals surface area contributed by atoms with E-state index in [9.17, 15) is 38.4 Å². The van der Waals surface area contributed by atoms with Crippen molar-refractivity contribution in [3.8, 4) is 34.5 Å². The molecule has 8 aromatic carbocycles. The molecule has 8 amide bonds. The van der Waals surface area contributed by atoms with E-state index < -0.39 is 47.3 Å². The molecule has 0 saturated carbocycles. The number of carbonyl (C=O) groups excluding carboxylic acids is 8. The third-order valence-corrected chi connectivity index (χ3v) is 16.0. The molecule has 0 aromatic heterocycles. The Kier molecular flexibility index (Phi) is 21.1. The van der Waals surface area contributed by atoms with Gasteiger partial charge in [-0.15, -0.1) is 0 Å². The molecular formula is C81H66N4O13. The van der Waals surface area contributed by atoms with Gasteiger partial charge >= 0.3 is 0 Å². The van der Waals surface area contributed by atoms with E-state index in [-0.39, 0.29) is 0 Å². The van der Waals surface area contributed by atoms with Crippen molar-refractivity contribution in [2.45, 2.75) is 32.1 Å². The molecule has 488 valence electrons. The molecule has 98 heavy (non-hydrogen) atoms. The van der Waals surface area contributed by atoms with Gasteiger partial charge in [0.25, 0.3) is 47.3 Å². The predicted molar refractivity (Wildman–Crippen MR) is 375 cm³/mol. The van der Waals surface area contributed by atoms with Crippen molar-refractivity contribution in [2.24, 2.45) is 0 Å². The highest BCUT2D eigenvalue weighted by Crippen LogP contribution is 2.38. The lowest BCUT2D eigenvalue weighted by atomic mass is 9.95. The standard InChI is InChI=1S/C41H34N2O6.C40H32N2O7/c1-3-21-48-34-13-7-28(8-14-34)24-32-11-5-30(26-36(32)42-38(44)17-18-39(42)45)23-31-6-12-33(37(27-31)43-40(46)19-20-41(43)47)25-29-9-15-35(16-10-29)49-22-4-2;1-3-21-47-31-11-5-27(6-12-31)23-29-9-15-33(25-35(29)41-37(43)17-18-38(41)44)49-34-16-10-30(36(26-34)42-39(45)19-20-40(42)46)24-28-7-13-32(14-8-28)48-22-4-2/h3-20,26-27H,1-2,21-25H2;3-20,25-26H,1-2,21-24H2. The van der Waals surface area contributed by atoms with Crippen LogP contribution in [0.1, 0.15) is 55.6 Å². The Morgan fingerprint density at radius 2 is 0.449 bits per heavy atom. The molecule has 0 spiro atoms. The second kappa shape index (κ2) is 31.0. The van der Waals surface area contributed by atoms with Gasteiger partial charge in [0.15, 0.2) is 0 Å². The van der Waals surface area contributed by atoms with Crippen LogP contribution in [0, 0.1) is 0 Å². The van der Waals surface area contributed by atoms with Crippen LogP contribution in [0.4, 0.5) is 22.7 Å². The predicted octanol–water partition coefficient (Wildman–Crippen LogP) is 13.1. The van der Waals surface area contributed by atoms with Crippen LogP contribution >= 0.6 is 0 Å². The van der Waals surface area contributed by atoms with Crippen molar-refractivity contribution in [1.29, 1.82) is 0 Å². The van der Waals surface area contributed by atoms with Gasteiger partial charge in [-0.25, -0.2) is 19.6 Å². The molecule has 17 heteroatoms. The molecular weight excluding hydrogens is 1240 g/mol. The van der Waals surface area contributed by atoms with Gasteiger partial charge < -0.3 is 23.7 Å². The van der Waals surface area contributed by atoms with Crippen LogP contribution in [0.3, 0.4) is 0 Å². The molecule has 0 bridgehead atoms. The van der Waals surface area contributed by atoms with E-state index in [0.717, 1.165) is 76.9 Å². The molecule has 4 aliphatic heterocycles. The lowest BCUT2D eigenvalue weighted by molar-refractivity contribution is -0.121. The van der Waals surface area contributed by atoms with Crippen LogP contribution in [0.2, 0.25) is 0 Å². The smallest absolute Gasteiger partial charge is 0.258 e. The van der Waals surface area contributed by atoms with E-state index in [2.05, 4.69) is 26.3 Å². The zero-order chi connectivity index (χ0) is 68.7. The molecule has 12 rings (SSSR count). The van der Waals surface area contributed by atoms with E-state index in [1.807, 2.05) is 133 Å². The number of carbonyl (C=O) groups is 8. The summed E-state index contributed by atoms with van der Waals surface area (Å²) in [6.07, 6.45) is 19.0. The summed E-state index contributed by atoms with van der Waals surface area (Å²) in [5.74, 6) is 0.119. The normalized spacial score (nSPS) is 13.8. The summed E-state index contributed by atoms with van der Waals surface area (Å²) >= 11 is 0. The Labute approximate surface area is 566 Å². The highest BCUT2D eigenvalue weighted by atomic mass is 16.5. The molecule has 4 heterocycles. The highest BCUT2D eigenvalue weighted by Gasteiger charge is 2.32. The van der Waals surface area contributed by atoms with Crippen molar-refractivity contribution in [1.82, 2.24) is 0 Å². The van der Waals surface area contributed by atoms with Crippen molar-refractivity contribution in [3.05, 3.63) is 325 Å². The van der Waals surface area contributed by atoms with Crippen LogP contribution in [-0.2, 0) is 70.5 Å². The van der Waals surface area contributed by atoms with Gasteiger partial charge in [0, 0.05) is 60.7 Å². The van der Waals surface area contributed by atoms with E-state index in [1.165, 1.54) is 58.4 Å². The lowest BCUT2D eigenvalue weighted by Crippen LogP contribution is -2.31. The summed E-state index contributed by atoms with van der Waals surface area (Å²) in [6, 6.07) is 52.3. The Morgan fingerprint density at radius 1 is 0.245 bits per heavy atom. The van der Waals surface area contributed by atoms with E-state index in [1.54, 1.807) is 60.7 Å². The third-order valence-electron chi connectivity index (χ3n) is 16.0. The highest BCUT2D eigenvalue weighted by molar-refractivity contribution is 6.30. The van der Waals surface area contributed by atoms with Gasteiger partial charge in [-0.05, 0) is 161 Å². The monoisotopic (exact) mass is 1300 g/mol. The maximum atomic E-state index is 12.8. The zero-order valence-corrected chi connectivity index (χ0v) is 53.4. The SMILES string of the molecule is C=CCOc1ccc(Cc2ccc(Cc3ccc(Cc4ccc(OCC=C)cc4)c(N4C(=O)C=CC4=O)c3)cc2N2C(=O)C=CC2=O)cc1.C=CCOc1ccc(Cc2ccc(Oc3ccc(Cc4ccc(OCC=C)cc4)c(N4C(=O)C=CC4=O)c3)cc2N2C(=O)C=CC2=O)cc1. The number of imide groups is 4. The number of amides is 8. The first-order valence-electron chi connectivity index (χ1n) is 31.4. The first-order chi connectivity index (χ1) is 47.6. The number of ether oxygens (including phenoxy) is 5. The number of nitrogens with zero attached hydrogens (tertiary/aromatic N) is 4. The van der Waals surface area contributed by atoms with Crippen molar-refractivity contribution in [2.75, 3.05) is 46.0 Å². The van der Waals surface area contributed by atoms with Crippen LogP contribution in [0.25, 0.3) is 0 Å². The lowest BCUT2D eigenvalue weighted by Gasteiger charge is -2.21. The fourth-order valence-electron chi connectivity index (χ4n) is 11.3. The molecule has 17 nitrogen and oxygen atoms in total. The first kappa shape index (κ1) is 66.7. The van der Waals surface area contributed by atoms with Crippen molar-refractivity contribution in [3.63, 3.8) is 0 Å². The number of benzene rings is 8. The van der Waals surface area contributed by atoms with Gasteiger partial charge in [-0.3, -0.25) is 38.4 Å².